The molecular weight excluding hydrogens is 186 g/mol. The van der Waals surface area contributed by atoms with Gasteiger partial charge in [0, 0.05) is 30.7 Å². The highest BCUT2D eigenvalue weighted by molar-refractivity contribution is 6.10. The lowest BCUT2D eigenvalue weighted by molar-refractivity contribution is 1.36. The van der Waals surface area contributed by atoms with Gasteiger partial charge in [-0.3, -0.25) is 4.99 Å². The van der Waals surface area contributed by atoms with E-state index in [1.54, 1.807) is 19.5 Å². The Morgan fingerprint density at radius 3 is 2.47 bits per heavy atom. The van der Waals surface area contributed by atoms with E-state index in [9.17, 15) is 0 Å². The van der Waals surface area contributed by atoms with Crippen LogP contribution in [-0.2, 0) is 0 Å². The predicted molar refractivity (Wildman–Crippen MR) is 66.9 cm³/mol. The van der Waals surface area contributed by atoms with Crippen molar-refractivity contribution in [2.75, 3.05) is 12.8 Å². The monoisotopic (exact) mass is 203 g/mol. The summed E-state index contributed by atoms with van der Waals surface area (Å²) in [6, 6.07) is 3.99. The lowest BCUT2D eigenvalue weighted by atomic mass is 9.98. The number of nitrogen functional groups attached to an aromatic ring is 1. The van der Waals surface area contributed by atoms with Gasteiger partial charge >= 0.3 is 0 Å². The summed E-state index contributed by atoms with van der Waals surface area (Å²) in [5, 5.41) is 0. The molecule has 3 nitrogen and oxygen atoms in total. The molecule has 0 aliphatic carbocycles. The molecule has 0 saturated heterocycles. The van der Waals surface area contributed by atoms with E-state index in [1.807, 2.05) is 19.9 Å². The van der Waals surface area contributed by atoms with E-state index in [0.29, 0.717) is 0 Å². The molecular formula is C12H17N3. The molecule has 0 atom stereocenters. The molecule has 80 valence electrons. The Labute approximate surface area is 90.5 Å². The van der Waals surface area contributed by atoms with E-state index in [1.165, 1.54) is 0 Å². The summed E-state index contributed by atoms with van der Waals surface area (Å²) in [6.45, 7) is 4.03. The third-order valence-corrected chi connectivity index (χ3v) is 2.37. The molecule has 1 aromatic rings. The first-order valence-electron chi connectivity index (χ1n) is 4.81. The summed E-state index contributed by atoms with van der Waals surface area (Å²) >= 11 is 0. The van der Waals surface area contributed by atoms with Crippen molar-refractivity contribution in [3.63, 3.8) is 0 Å². The Balaban J connectivity index is 3.31. The molecule has 0 heterocycles. The number of benzene rings is 1. The van der Waals surface area contributed by atoms with Gasteiger partial charge in [0.15, 0.2) is 0 Å². The predicted octanol–water partition coefficient (Wildman–Crippen LogP) is 1.89. The van der Waals surface area contributed by atoms with Crippen LogP contribution in [0.5, 0.6) is 0 Å². The molecule has 0 unspecified atom stereocenters. The standard InChI is InChI=1S/C12H17N3/c1-8-4-9(2)12(14)5-11(8)10(6-13)7-15-3/h4-7H,13-14H2,1-3H3. The Hall–Kier alpha value is -1.77. The van der Waals surface area contributed by atoms with Crippen LogP contribution in [0.1, 0.15) is 16.7 Å². The molecule has 0 saturated carbocycles. The van der Waals surface area contributed by atoms with E-state index in [4.69, 9.17) is 11.5 Å². The number of allylic oxidation sites excluding steroid dienone is 1. The summed E-state index contributed by atoms with van der Waals surface area (Å²) in [7, 11) is 1.72. The van der Waals surface area contributed by atoms with Crippen LogP contribution in [0.25, 0.3) is 5.57 Å². The second kappa shape index (κ2) is 4.64. The van der Waals surface area contributed by atoms with Gasteiger partial charge in [-0.05, 0) is 36.6 Å². The average molecular weight is 203 g/mol. The molecule has 0 aliphatic rings. The van der Waals surface area contributed by atoms with Gasteiger partial charge in [0.25, 0.3) is 0 Å². The molecule has 0 fully saturated rings. The SMILES string of the molecule is CN=CC(=CN)c1cc(N)c(C)cc1C. The van der Waals surface area contributed by atoms with E-state index >= 15 is 0 Å². The zero-order valence-electron chi connectivity index (χ0n) is 9.41. The van der Waals surface area contributed by atoms with Gasteiger partial charge in [-0.25, -0.2) is 0 Å². The Bertz CT molecular complexity index is 417. The fourth-order valence-corrected chi connectivity index (χ4v) is 1.52. The van der Waals surface area contributed by atoms with Crippen molar-refractivity contribution in [3.05, 3.63) is 35.0 Å². The van der Waals surface area contributed by atoms with Crippen LogP contribution in [-0.4, -0.2) is 13.3 Å². The van der Waals surface area contributed by atoms with Gasteiger partial charge in [-0.2, -0.15) is 0 Å². The number of anilines is 1. The third kappa shape index (κ3) is 2.37. The smallest absolute Gasteiger partial charge is 0.0350 e. The Kier molecular flexibility index (Phi) is 3.50. The fourth-order valence-electron chi connectivity index (χ4n) is 1.52. The molecule has 1 aromatic carbocycles. The molecule has 1 rings (SSSR count). The molecule has 4 N–H and O–H groups in total. The second-order valence-electron chi connectivity index (χ2n) is 3.53. The summed E-state index contributed by atoms with van der Waals surface area (Å²) in [5.41, 5.74) is 16.4. The van der Waals surface area contributed by atoms with E-state index in [2.05, 4.69) is 11.1 Å². The number of nitrogens with two attached hydrogens (primary N) is 2. The molecule has 15 heavy (non-hydrogen) atoms. The first kappa shape index (κ1) is 11.3. The second-order valence-corrected chi connectivity index (χ2v) is 3.53. The van der Waals surface area contributed by atoms with Gasteiger partial charge in [-0.15, -0.1) is 0 Å². The summed E-state index contributed by atoms with van der Waals surface area (Å²) in [4.78, 5) is 3.96. The topological polar surface area (TPSA) is 64.4 Å². The molecule has 0 bridgehead atoms. The highest BCUT2D eigenvalue weighted by Crippen LogP contribution is 2.22. The van der Waals surface area contributed by atoms with Crippen LogP contribution < -0.4 is 11.5 Å². The van der Waals surface area contributed by atoms with Crippen LogP contribution in [0.3, 0.4) is 0 Å². The summed E-state index contributed by atoms with van der Waals surface area (Å²) < 4.78 is 0. The molecule has 0 aliphatic heterocycles. The Morgan fingerprint density at radius 1 is 1.27 bits per heavy atom. The zero-order valence-corrected chi connectivity index (χ0v) is 9.41. The molecule has 3 heteroatoms. The molecule has 0 spiro atoms. The average Bonchev–Trinajstić information content (AvgIpc) is 2.20. The lowest BCUT2D eigenvalue weighted by Crippen LogP contribution is -1.98. The molecule has 0 radical (unpaired) electrons. The number of hydrogen-bond donors (Lipinski definition) is 2. The van der Waals surface area contributed by atoms with Gasteiger partial charge in [0.2, 0.25) is 0 Å². The largest absolute Gasteiger partial charge is 0.404 e. The van der Waals surface area contributed by atoms with Crippen LogP contribution >= 0.6 is 0 Å². The molecule has 0 amide bonds. The minimum Gasteiger partial charge on any atom is -0.404 e. The number of nitrogens with zero attached hydrogens (tertiary/aromatic N) is 1. The van der Waals surface area contributed by atoms with E-state index in [-0.39, 0.29) is 0 Å². The maximum Gasteiger partial charge on any atom is 0.0350 e. The Morgan fingerprint density at radius 2 is 1.93 bits per heavy atom. The normalized spacial score (nSPS) is 12.3. The van der Waals surface area contributed by atoms with Crippen LogP contribution in [0.4, 0.5) is 5.69 Å². The first-order valence-corrected chi connectivity index (χ1v) is 4.81. The van der Waals surface area contributed by atoms with Crippen molar-refractivity contribution < 1.29 is 0 Å². The quantitative estimate of drug-likeness (QED) is 0.569. The summed E-state index contributed by atoms with van der Waals surface area (Å²) in [6.07, 6.45) is 3.28. The highest BCUT2D eigenvalue weighted by Gasteiger charge is 2.05. The van der Waals surface area contributed by atoms with Crippen molar-refractivity contribution >= 4 is 17.5 Å². The van der Waals surface area contributed by atoms with Gasteiger partial charge in [0.1, 0.15) is 0 Å². The van der Waals surface area contributed by atoms with Crippen molar-refractivity contribution in [1.29, 1.82) is 0 Å². The lowest BCUT2D eigenvalue weighted by Gasteiger charge is -2.09. The van der Waals surface area contributed by atoms with Gasteiger partial charge in [0.05, 0.1) is 0 Å². The van der Waals surface area contributed by atoms with Crippen molar-refractivity contribution in [2.45, 2.75) is 13.8 Å². The van der Waals surface area contributed by atoms with Gasteiger partial charge in [-0.1, -0.05) is 6.07 Å². The van der Waals surface area contributed by atoms with E-state index in [0.717, 1.165) is 28.0 Å². The maximum absolute atomic E-state index is 5.87. The van der Waals surface area contributed by atoms with Gasteiger partial charge < -0.3 is 11.5 Å². The minimum absolute atomic E-state index is 0.777. The van der Waals surface area contributed by atoms with Crippen LogP contribution in [0, 0.1) is 13.8 Å². The molecule has 0 aromatic heterocycles. The number of rotatable bonds is 2. The first-order chi connectivity index (χ1) is 7.10. The third-order valence-electron chi connectivity index (χ3n) is 2.37. The number of hydrogen-bond acceptors (Lipinski definition) is 3. The maximum atomic E-state index is 5.87. The van der Waals surface area contributed by atoms with Crippen molar-refractivity contribution in [1.82, 2.24) is 0 Å². The highest BCUT2D eigenvalue weighted by atomic mass is 14.6. The fraction of sp³-hybridized carbons (Fsp3) is 0.250. The van der Waals surface area contributed by atoms with Crippen molar-refractivity contribution in [3.8, 4) is 0 Å². The summed E-state index contributed by atoms with van der Waals surface area (Å²) in [5.74, 6) is 0. The van der Waals surface area contributed by atoms with Crippen molar-refractivity contribution in [2.24, 2.45) is 10.7 Å². The number of aryl methyl sites for hydroxylation is 2. The van der Waals surface area contributed by atoms with Crippen LogP contribution in [0.2, 0.25) is 0 Å². The minimum atomic E-state index is 0.777. The zero-order chi connectivity index (χ0) is 11.4. The van der Waals surface area contributed by atoms with Crippen LogP contribution in [0.15, 0.2) is 23.3 Å². The number of aliphatic imine (C=N–C) groups is 1. The van der Waals surface area contributed by atoms with E-state index < -0.39 is 0 Å².